The second-order valence-corrected chi connectivity index (χ2v) is 6.09. The van der Waals surface area contributed by atoms with Crippen molar-refractivity contribution in [3.63, 3.8) is 0 Å². The number of hydrogen-bond donors (Lipinski definition) is 3. The fraction of sp³-hybridized carbons (Fsp3) is 0.562. The number of hydrogen-bond acceptors (Lipinski definition) is 3. The van der Waals surface area contributed by atoms with Gasteiger partial charge in [-0.05, 0) is 38.3 Å². The molecule has 1 aromatic rings. The first-order valence-electron chi connectivity index (χ1n) is 7.86. The number of aryl methyl sites for hydroxylation is 2. The molecule has 0 bridgehead atoms. The van der Waals surface area contributed by atoms with E-state index in [-0.39, 0.29) is 30.1 Å². The Labute approximate surface area is 135 Å². The van der Waals surface area contributed by atoms with Gasteiger partial charge in [0.2, 0.25) is 5.91 Å². The molecule has 1 fully saturated rings. The Morgan fingerprint density at radius 1 is 1.39 bits per heavy atom. The maximum atomic E-state index is 12.3. The Bertz CT molecular complexity index is 653. The van der Waals surface area contributed by atoms with Crippen LogP contribution in [0, 0.1) is 13.8 Å². The van der Waals surface area contributed by atoms with Crippen molar-refractivity contribution in [1.29, 1.82) is 0 Å². The van der Waals surface area contributed by atoms with Crippen LogP contribution in [0.1, 0.15) is 36.6 Å². The average molecular weight is 320 g/mol. The number of rotatable bonds is 3. The molecule has 0 saturated carbocycles. The zero-order valence-electron chi connectivity index (χ0n) is 13.9. The summed E-state index contributed by atoms with van der Waals surface area (Å²) in [6.45, 7) is 6.51. The maximum absolute atomic E-state index is 12.3. The summed E-state index contributed by atoms with van der Waals surface area (Å²) in [5, 5.41) is 5.65. The molecule has 126 valence electrons. The fourth-order valence-electron chi connectivity index (χ4n) is 2.94. The molecule has 7 heteroatoms. The van der Waals surface area contributed by atoms with Crippen molar-refractivity contribution in [2.24, 2.45) is 0 Å². The van der Waals surface area contributed by atoms with Gasteiger partial charge in [0.05, 0.1) is 6.54 Å². The molecule has 0 aromatic carbocycles. The normalized spacial score (nSPS) is 17.7. The summed E-state index contributed by atoms with van der Waals surface area (Å²) in [4.78, 5) is 39.8. The number of amides is 3. The maximum Gasteiger partial charge on any atom is 0.317 e. The standard InChI is InChI=1S/C16H24N4O3/c1-10-7-11(2)18-15(22)14(10)8-17-16(23)20-6-4-5-13(9-20)19-12(3)21/h7,13H,4-6,8-9H2,1-3H3,(H,17,23)(H,18,22)(H,19,21). The zero-order chi connectivity index (χ0) is 17.0. The van der Waals surface area contributed by atoms with Crippen molar-refractivity contribution in [1.82, 2.24) is 20.5 Å². The highest BCUT2D eigenvalue weighted by Crippen LogP contribution is 2.10. The lowest BCUT2D eigenvalue weighted by molar-refractivity contribution is -0.119. The summed E-state index contributed by atoms with van der Waals surface area (Å²) in [5.41, 5.74) is 2.06. The van der Waals surface area contributed by atoms with Crippen molar-refractivity contribution < 1.29 is 9.59 Å². The van der Waals surface area contributed by atoms with E-state index in [1.807, 2.05) is 19.9 Å². The highest BCUT2D eigenvalue weighted by atomic mass is 16.2. The lowest BCUT2D eigenvalue weighted by Crippen LogP contribution is -2.52. The van der Waals surface area contributed by atoms with E-state index in [2.05, 4.69) is 15.6 Å². The van der Waals surface area contributed by atoms with E-state index in [9.17, 15) is 14.4 Å². The summed E-state index contributed by atoms with van der Waals surface area (Å²) < 4.78 is 0. The first-order chi connectivity index (χ1) is 10.9. The van der Waals surface area contributed by atoms with Gasteiger partial charge in [-0.1, -0.05) is 0 Å². The molecular formula is C16H24N4O3. The topological polar surface area (TPSA) is 94.3 Å². The highest BCUT2D eigenvalue weighted by molar-refractivity contribution is 5.75. The molecule has 1 saturated heterocycles. The molecule has 0 radical (unpaired) electrons. The smallest absolute Gasteiger partial charge is 0.317 e. The van der Waals surface area contributed by atoms with Crippen molar-refractivity contribution in [2.45, 2.75) is 46.2 Å². The van der Waals surface area contributed by atoms with Gasteiger partial charge in [0.1, 0.15) is 0 Å². The van der Waals surface area contributed by atoms with Gasteiger partial charge in [0.25, 0.3) is 5.56 Å². The second kappa shape index (κ2) is 7.30. The summed E-state index contributed by atoms with van der Waals surface area (Å²) >= 11 is 0. The van der Waals surface area contributed by atoms with Crippen LogP contribution in [0.15, 0.2) is 10.9 Å². The van der Waals surface area contributed by atoms with Crippen molar-refractivity contribution >= 4 is 11.9 Å². The molecule has 1 aliphatic heterocycles. The number of carbonyl (C=O) groups is 2. The summed E-state index contributed by atoms with van der Waals surface area (Å²) in [5.74, 6) is -0.0842. The van der Waals surface area contributed by atoms with Gasteiger partial charge in [-0.15, -0.1) is 0 Å². The predicted molar refractivity (Wildman–Crippen MR) is 87.2 cm³/mol. The molecule has 2 rings (SSSR count). The number of pyridine rings is 1. The average Bonchev–Trinajstić information content (AvgIpc) is 2.45. The Morgan fingerprint density at radius 3 is 2.78 bits per heavy atom. The summed E-state index contributed by atoms with van der Waals surface area (Å²) in [7, 11) is 0. The van der Waals surface area contributed by atoms with Crippen LogP contribution in [-0.2, 0) is 11.3 Å². The number of likely N-dealkylation sites (tertiary alicyclic amines) is 1. The Morgan fingerprint density at radius 2 is 2.13 bits per heavy atom. The first kappa shape index (κ1) is 17.1. The van der Waals surface area contributed by atoms with Crippen molar-refractivity contribution in [2.75, 3.05) is 13.1 Å². The molecule has 0 spiro atoms. The molecule has 3 N–H and O–H groups in total. The number of aromatic amines is 1. The van der Waals surface area contributed by atoms with E-state index in [0.29, 0.717) is 18.7 Å². The van der Waals surface area contributed by atoms with Crippen LogP contribution in [0.2, 0.25) is 0 Å². The largest absolute Gasteiger partial charge is 0.352 e. The minimum absolute atomic E-state index is 0.00323. The number of carbonyl (C=O) groups excluding carboxylic acids is 2. The molecule has 1 unspecified atom stereocenters. The lowest BCUT2D eigenvalue weighted by Gasteiger charge is -2.33. The molecule has 2 heterocycles. The van der Waals surface area contributed by atoms with Crippen LogP contribution in [0.25, 0.3) is 0 Å². The second-order valence-electron chi connectivity index (χ2n) is 6.09. The van der Waals surface area contributed by atoms with Crippen LogP contribution >= 0.6 is 0 Å². The van der Waals surface area contributed by atoms with Crippen LogP contribution in [-0.4, -0.2) is 41.0 Å². The predicted octanol–water partition coefficient (Wildman–Crippen LogP) is 0.802. The van der Waals surface area contributed by atoms with E-state index < -0.39 is 0 Å². The molecular weight excluding hydrogens is 296 g/mol. The SMILES string of the molecule is CC(=O)NC1CCCN(C(=O)NCc2c(C)cc(C)[nH]c2=O)C1. The van der Waals surface area contributed by atoms with E-state index >= 15 is 0 Å². The number of piperidine rings is 1. The van der Waals surface area contributed by atoms with Crippen LogP contribution in [0.3, 0.4) is 0 Å². The monoisotopic (exact) mass is 320 g/mol. The third-order valence-corrected chi connectivity index (χ3v) is 4.03. The number of nitrogens with one attached hydrogen (secondary N) is 3. The van der Waals surface area contributed by atoms with Crippen LogP contribution in [0.5, 0.6) is 0 Å². The van der Waals surface area contributed by atoms with Crippen LogP contribution in [0.4, 0.5) is 4.79 Å². The minimum Gasteiger partial charge on any atom is -0.352 e. The van der Waals surface area contributed by atoms with E-state index in [1.54, 1.807) is 4.90 Å². The minimum atomic E-state index is -0.209. The number of urea groups is 1. The lowest BCUT2D eigenvalue weighted by atomic mass is 10.1. The first-order valence-corrected chi connectivity index (χ1v) is 7.86. The zero-order valence-corrected chi connectivity index (χ0v) is 13.9. The van der Waals surface area contributed by atoms with Crippen molar-refractivity contribution in [3.8, 4) is 0 Å². The molecule has 0 aliphatic carbocycles. The molecule has 3 amide bonds. The third-order valence-electron chi connectivity index (χ3n) is 4.03. The third kappa shape index (κ3) is 4.58. The fourth-order valence-corrected chi connectivity index (χ4v) is 2.94. The Balaban J connectivity index is 1.94. The molecule has 23 heavy (non-hydrogen) atoms. The van der Waals surface area contributed by atoms with Gasteiger partial charge >= 0.3 is 6.03 Å². The molecule has 7 nitrogen and oxygen atoms in total. The number of nitrogens with zero attached hydrogens (tertiary/aromatic N) is 1. The van der Waals surface area contributed by atoms with Gasteiger partial charge in [-0.2, -0.15) is 0 Å². The van der Waals surface area contributed by atoms with Gasteiger partial charge < -0.3 is 20.5 Å². The summed E-state index contributed by atoms with van der Waals surface area (Å²) in [6, 6.07) is 1.67. The quantitative estimate of drug-likeness (QED) is 0.769. The van der Waals surface area contributed by atoms with E-state index in [4.69, 9.17) is 0 Å². The van der Waals surface area contributed by atoms with Gasteiger partial charge in [0, 0.05) is 37.3 Å². The number of aromatic nitrogens is 1. The van der Waals surface area contributed by atoms with E-state index in [1.165, 1.54) is 6.92 Å². The van der Waals surface area contributed by atoms with Gasteiger partial charge in [0.15, 0.2) is 0 Å². The molecule has 1 aromatic heterocycles. The number of H-pyrrole nitrogens is 1. The molecule has 1 atom stereocenters. The summed E-state index contributed by atoms with van der Waals surface area (Å²) in [6.07, 6.45) is 1.72. The van der Waals surface area contributed by atoms with Gasteiger partial charge in [-0.25, -0.2) is 4.79 Å². The Hall–Kier alpha value is -2.31. The van der Waals surface area contributed by atoms with E-state index in [0.717, 1.165) is 24.1 Å². The van der Waals surface area contributed by atoms with Gasteiger partial charge in [-0.3, -0.25) is 9.59 Å². The molecule has 1 aliphatic rings. The Kier molecular flexibility index (Phi) is 5.41. The highest BCUT2D eigenvalue weighted by Gasteiger charge is 2.24. The van der Waals surface area contributed by atoms with Crippen molar-refractivity contribution in [3.05, 3.63) is 33.2 Å². The van der Waals surface area contributed by atoms with Crippen LogP contribution < -0.4 is 16.2 Å².